The molecule has 122 valence electrons. The number of hydrogen-bond acceptors (Lipinski definition) is 3. The molecule has 0 aliphatic rings. The van der Waals surface area contributed by atoms with Crippen molar-refractivity contribution in [3.8, 4) is 5.75 Å². The fourth-order valence-electron chi connectivity index (χ4n) is 2.80. The van der Waals surface area contributed by atoms with Gasteiger partial charge in [0.2, 0.25) is 0 Å². The second-order valence-corrected chi connectivity index (χ2v) is 5.59. The second-order valence-electron chi connectivity index (χ2n) is 5.59. The Morgan fingerprint density at radius 1 is 0.840 bits per heavy atom. The van der Waals surface area contributed by atoms with Crippen molar-refractivity contribution in [1.29, 1.82) is 0 Å². The molecule has 3 aromatic carbocycles. The highest BCUT2D eigenvalue weighted by molar-refractivity contribution is 6.06. The zero-order valence-corrected chi connectivity index (χ0v) is 13.2. The highest BCUT2D eigenvalue weighted by atomic mass is 16.6. The van der Waals surface area contributed by atoms with E-state index in [-0.39, 0.29) is 5.56 Å². The molecule has 5 heteroatoms. The van der Waals surface area contributed by atoms with E-state index in [1.807, 2.05) is 30.3 Å². The van der Waals surface area contributed by atoms with Crippen molar-refractivity contribution in [2.75, 3.05) is 5.32 Å². The maximum atomic E-state index is 12.1. The van der Waals surface area contributed by atoms with E-state index in [1.54, 1.807) is 42.5 Å². The Bertz CT molecular complexity index is 1130. The number of ether oxygens (including phenoxy) is 1. The van der Waals surface area contributed by atoms with E-state index >= 15 is 0 Å². The molecule has 0 bridgehead atoms. The van der Waals surface area contributed by atoms with Gasteiger partial charge in [-0.25, -0.2) is 4.79 Å². The standard InChI is InChI=1S/C20H14N2O3/c23-19-16-9-5-4-8-15(16)17-12-13(10-11-18(17)22-19)21-20(24)25-14-6-2-1-3-7-14/h1-12H,(H,21,24)(H,22,23). The number of H-pyrrole nitrogens is 1. The van der Waals surface area contributed by atoms with Crippen LogP contribution in [0, 0.1) is 0 Å². The number of hydrogen-bond donors (Lipinski definition) is 2. The molecule has 1 aromatic heterocycles. The summed E-state index contributed by atoms with van der Waals surface area (Å²) in [6.45, 7) is 0. The van der Waals surface area contributed by atoms with Crippen molar-refractivity contribution in [3.63, 3.8) is 0 Å². The molecule has 1 amide bonds. The van der Waals surface area contributed by atoms with Crippen LogP contribution in [0.15, 0.2) is 77.6 Å². The van der Waals surface area contributed by atoms with Crippen LogP contribution in [0.2, 0.25) is 0 Å². The van der Waals surface area contributed by atoms with Crippen LogP contribution in [0.3, 0.4) is 0 Å². The van der Waals surface area contributed by atoms with Gasteiger partial charge in [0.1, 0.15) is 5.75 Å². The van der Waals surface area contributed by atoms with Gasteiger partial charge in [-0.3, -0.25) is 10.1 Å². The Morgan fingerprint density at radius 2 is 1.56 bits per heavy atom. The molecule has 0 atom stereocenters. The maximum Gasteiger partial charge on any atom is 0.417 e. The van der Waals surface area contributed by atoms with Gasteiger partial charge in [0.05, 0.1) is 0 Å². The minimum atomic E-state index is -0.570. The number of para-hydroxylation sites is 1. The van der Waals surface area contributed by atoms with Crippen LogP contribution in [0.25, 0.3) is 21.7 Å². The fraction of sp³-hybridized carbons (Fsp3) is 0. The minimum Gasteiger partial charge on any atom is -0.410 e. The van der Waals surface area contributed by atoms with Gasteiger partial charge >= 0.3 is 6.09 Å². The smallest absolute Gasteiger partial charge is 0.410 e. The first-order valence-corrected chi connectivity index (χ1v) is 7.79. The van der Waals surface area contributed by atoms with Crippen LogP contribution in [0.1, 0.15) is 0 Å². The lowest BCUT2D eigenvalue weighted by Crippen LogP contribution is -2.16. The first kappa shape index (κ1) is 15.0. The van der Waals surface area contributed by atoms with Crippen molar-refractivity contribution in [2.24, 2.45) is 0 Å². The summed E-state index contributed by atoms with van der Waals surface area (Å²) in [5.41, 5.74) is 1.17. The molecule has 0 aliphatic heterocycles. The summed E-state index contributed by atoms with van der Waals surface area (Å²) in [4.78, 5) is 27.0. The molecule has 25 heavy (non-hydrogen) atoms. The van der Waals surface area contributed by atoms with Crippen LogP contribution in [-0.2, 0) is 0 Å². The number of carbonyl (C=O) groups is 1. The Kier molecular flexibility index (Phi) is 3.67. The molecule has 0 aliphatic carbocycles. The molecule has 5 nitrogen and oxygen atoms in total. The average Bonchev–Trinajstić information content (AvgIpc) is 2.63. The van der Waals surface area contributed by atoms with E-state index in [2.05, 4.69) is 10.3 Å². The number of anilines is 1. The van der Waals surface area contributed by atoms with E-state index in [0.29, 0.717) is 22.3 Å². The predicted octanol–water partition coefficient (Wildman–Crippen LogP) is 4.29. The molecular weight excluding hydrogens is 316 g/mol. The summed E-state index contributed by atoms with van der Waals surface area (Å²) < 4.78 is 5.23. The molecule has 0 saturated heterocycles. The fourth-order valence-corrected chi connectivity index (χ4v) is 2.80. The van der Waals surface area contributed by atoms with Gasteiger partial charge in [0, 0.05) is 22.0 Å². The van der Waals surface area contributed by atoms with Crippen molar-refractivity contribution in [3.05, 3.63) is 83.2 Å². The summed E-state index contributed by atoms with van der Waals surface area (Å²) in [6.07, 6.45) is -0.570. The van der Waals surface area contributed by atoms with Gasteiger partial charge < -0.3 is 9.72 Å². The number of fused-ring (bicyclic) bond motifs is 3. The van der Waals surface area contributed by atoms with E-state index in [0.717, 1.165) is 10.8 Å². The van der Waals surface area contributed by atoms with Gasteiger partial charge in [-0.15, -0.1) is 0 Å². The zero-order chi connectivity index (χ0) is 17.2. The van der Waals surface area contributed by atoms with E-state index in [4.69, 9.17) is 4.74 Å². The number of carbonyl (C=O) groups excluding carboxylic acids is 1. The van der Waals surface area contributed by atoms with Crippen LogP contribution in [0.5, 0.6) is 5.75 Å². The molecule has 4 aromatic rings. The van der Waals surface area contributed by atoms with Crippen LogP contribution in [-0.4, -0.2) is 11.1 Å². The number of amides is 1. The van der Waals surface area contributed by atoms with Crippen LogP contribution < -0.4 is 15.6 Å². The summed E-state index contributed by atoms with van der Waals surface area (Å²) in [5, 5.41) is 5.01. The summed E-state index contributed by atoms with van der Waals surface area (Å²) >= 11 is 0. The molecule has 0 unspecified atom stereocenters. The number of benzene rings is 3. The molecule has 0 radical (unpaired) electrons. The van der Waals surface area contributed by atoms with Gasteiger partial charge in [-0.1, -0.05) is 36.4 Å². The largest absolute Gasteiger partial charge is 0.417 e. The first-order chi connectivity index (χ1) is 12.2. The third-order valence-corrected chi connectivity index (χ3v) is 3.93. The molecule has 4 rings (SSSR count). The highest BCUT2D eigenvalue weighted by Gasteiger charge is 2.08. The number of aromatic nitrogens is 1. The predicted molar refractivity (Wildman–Crippen MR) is 98.2 cm³/mol. The highest BCUT2D eigenvalue weighted by Crippen LogP contribution is 2.24. The lowest BCUT2D eigenvalue weighted by atomic mass is 10.1. The van der Waals surface area contributed by atoms with Crippen molar-refractivity contribution in [1.82, 2.24) is 4.98 Å². The minimum absolute atomic E-state index is 0.132. The third kappa shape index (κ3) is 2.95. The quantitative estimate of drug-likeness (QED) is 0.539. The number of rotatable bonds is 2. The molecule has 0 spiro atoms. The number of nitrogens with one attached hydrogen (secondary N) is 2. The van der Waals surface area contributed by atoms with Gasteiger partial charge in [-0.05, 0) is 41.8 Å². The molecule has 2 N–H and O–H groups in total. The second kappa shape index (κ2) is 6.13. The lowest BCUT2D eigenvalue weighted by Gasteiger charge is -2.09. The van der Waals surface area contributed by atoms with Gasteiger partial charge in [0.15, 0.2) is 0 Å². The Morgan fingerprint density at radius 3 is 2.36 bits per heavy atom. The van der Waals surface area contributed by atoms with Crippen molar-refractivity contribution >= 4 is 33.5 Å². The van der Waals surface area contributed by atoms with Crippen molar-refractivity contribution < 1.29 is 9.53 Å². The first-order valence-electron chi connectivity index (χ1n) is 7.79. The van der Waals surface area contributed by atoms with E-state index in [9.17, 15) is 9.59 Å². The number of pyridine rings is 1. The topological polar surface area (TPSA) is 71.2 Å². The molecular formula is C20H14N2O3. The van der Waals surface area contributed by atoms with Crippen LogP contribution in [0.4, 0.5) is 10.5 Å². The summed E-state index contributed by atoms with van der Waals surface area (Å²) in [7, 11) is 0. The maximum absolute atomic E-state index is 12.1. The summed E-state index contributed by atoms with van der Waals surface area (Å²) in [6, 6.07) is 21.5. The van der Waals surface area contributed by atoms with Crippen LogP contribution >= 0.6 is 0 Å². The van der Waals surface area contributed by atoms with E-state index in [1.165, 1.54) is 0 Å². The third-order valence-electron chi connectivity index (χ3n) is 3.93. The van der Waals surface area contributed by atoms with E-state index < -0.39 is 6.09 Å². The van der Waals surface area contributed by atoms with Crippen molar-refractivity contribution in [2.45, 2.75) is 0 Å². The van der Waals surface area contributed by atoms with Gasteiger partial charge in [0.25, 0.3) is 5.56 Å². The van der Waals surface area contributed by atoms with Gasteiger partial charge in [-0.2, -0.15) is 0 Å². The zero-order valence-electron chi connectivity index (χ0n) is 13.2. The normalized spacial score (nSPS) is 10.7. The Hall–Kier alpha value is -3.60. The lowest BCUT2D eigenvalue weighted by molar-refractivity contribution is 0.215. The molecule has 1 heterocycles. The monoisotopic (exact) mass is 330 g/mol. The SMILES string of the molecule is O=C(Nc1ccc2[nH]c(=O)c3ccccc3c2c1)Oc1ccccc1. The number of aromatic amines is 1. The molecule has 0 fully saturated rings. The Labute approximate surface area is 142 Å². The summed E-state index contributed by atoms with van der Waals surface area (Å²) in [5.74, 6) is 0.468. The molecule has 0 saturated carbocycles. The Balaban J connectivity index is 1.69. The average molecular weight is 330 g/mol.